The highest BCUT2D eigenvalue weighted by molar-refractivity contribution is 7.80. The van der Waals surface area contributed by atoms with Crippen LogP contribution in [0.5, 0.6) is 0 Å². The van der Waals surface area contributed by atoms with Gasteiger partial charge in [-0.05, 0) is 25.5 Å². The first-order valence-electron chi connectivity index (χ1n) is 6.49. The molecule has 1 amide bonds. The second-order valence-corrected chi connectivity index (χ2v) is 6.06. The quantitative estimate of drug-likeness (QED) is 0.260. The van der Waals surface area contributed by atoms with Gasteiger partial charge in [0.25, 0.3) is 0 Å². The zero-order valence-electron chi connectivity index (χ0n) is 11.6. The standard InChI is InChI=1S/C11H22NO7PS/c1-8(19-20(16,17)18)10(11(14)15)12-9(13)6-4-2-3-5-7-21/h8,10,21H,2-7H2,1H3,(H,12,13)(H,14,15)(H2,16,17,18)/p-3/t8-,10+/m1/s1. The number of phosphoric ester groups is 1. The van der Waals surface area contributed by atoms with Gasteiger partial charge in [0.1, 0.15) is 0 Å². The van der Waals surface area contributed by atoms with Gasteiger partial charge in [-0.15, -0.1) is 0 Å². The van der Waals surface area contributed by atoms with Crippen molar-refractivity contribution in [3.8, 4) is 0 Å². The summed E-state index contributed by atoms with van der Waals surface area (Å²) in [6.07, 6.45) is 1.76. The summed E-state index contributed by atoms with van der Waals surface area (Å²) in [4.78, 5) is 43.3. The number of rotatable bonds is 11. The van der Waals surface area contributed by atoms with Crippen molar-refractivity contribution < 1.29 is 33.6 Å². The Labute approximate surface area is 128 Å². The number of carboxylic acid groups (broad SMARTS) is 1. The first-order chi connectivity index (χ1) is 9.67. The first kappa shape index (κ1) is 20.4. The van der Waals surface area contributed by atoms with Crippen LogP contribution in [0.1, 0.15) is 39.0 Å². The summed E-state index contributed by atoms with van der Waals surface area (Å²) < 4.78 is 14.5. The van der Waals surface area contributed by atoms with Gasteiger partial charge in [0, 0.05) is 6.42 Å². The second-order valence-electron chi connectivity index (χ2n) is 4.51. The van der Waals surface area contributed by atoms with E-state index < -0.39 is 31.8 Å². The number of aliphatic carboxylic acids is 1. The van der Waals surface area contributed by atoms with Crippen LogP contribution < -0.4 is 20.2 Å². The maximum atomic E-state index is 11.6. The molecule has 0 aromatic heterocycles. The number of thiol groups is 1. The maximum Gasteiger partial charge on any atom is 0.220 e. The fourth-order valence-electron chi connectivity index (χ4n) is 1.63. The summed E-state index contributed by atoms with van der Waals surface area (Å²) in [6, 6.07) is -1.70. The predicted octanol–water partition coefficient (Wildman–Crippen LogP) is -1.66. The zero-order valence-corrected chi connectivity index (χ0v) is 13.4. The molecule has 1 N–H and O–H groups in total. The van der Waals surface area contributed by atoms with E-state index >= 15 is 0 Å². The van der Waals surface area contributed by atoms with Crippen LogP contribution in [0, 0.1) is 0 Å². The monoisotopic (exact) mass is 340 g/mol. The summed E-state index contributed by atoms with van der Waals surface area (Å²) in [5, 5.41) is 13.0. The number of unbranched alkanes of at least 4 members (excludes halogenated alkanes) is 3. The van der Waals surface area contributed by atoms with Gasteiger partial charge in [-0.2, -0.15) is 12.6 Å². The van der Waals surface area contributed by atoms with Crippen LogP contribution in [0.25, 0.3) is 0 Å². The van der Waals surface area contributed by atoms with Crippen LogP contribution in [-0.2, 0) is 18.7 Å². The summed E-state index contributed by atoms with van der Waals surface area (Å²) >= 11 is 4.05. The average molecular weight is 340 g/mol. The lowest BCUT2D eigenvalue weighted by atomic mass is 10.1. The molecule has 2 atom stereocenters. The number of carboxylic acids is 1. The van der Waals surface area contributed by atoms with Crippen LogP contribution in [0.15, 0.2) is 0 Å². The van der Waals surface area contributed by atoms with Gasteiger partial charge in [-0.1, -0.05) is 12.8 Å². The van der Waals surface area contributed by atoms with Crippen LogP contribution in [0.3, 0.4) is 0 Å². The molecule has 8 nitrogen and oxygen atoms in total. The molecule has 0 saturated carbocycles. The van der Waals surface area contributed by atoms with E-state index in [1.54, 1.807) is 0 Å². The van der Waals surface area contributed by atoms with E-state index in [4.69, 9.17) is 0 Å². The van der Waals surface area contributed by atoms with Gasteiger partial charge in [0.2, 0.25) is 5.91 Å². The lowest BCUT2D eigenvalue weighted by molar-refractivity contribution is -0.346. The Morgan fingerprint density at radius 3 is 2.29 bits per heavy atom. The summed E-state index contributed by atoms with van der Waals surface area (Å²) in [5.41, 5.74) is 0. The Morgan fingerprint density at radius 2 is 1.81 bits per heavy atom. The first-order valence-corrected chi connectivity index (χ1v) is 8.58. The van der Waals surface area contributed by atoms with Gasteiger partial charge in [-0.3, -0.25) is 4.79 Å². The third-order valence-electron chi connectivity index (χ3n) is 2.65. The molecule has 124 valence electrons. The minimum absolute atomic E-state index is 0.0927. The number of nitrogens with one attached hydrogen (secondary N) is 1. The Bertz CT molecular complexity index is 387. The van der Waals surface area contributed by atoms with Gasteiger partial charge in [0.05, 0.1) is 25.9 Å². The largest absolute Gasteiger partial charge is 0.790 e. The van der Waals surface area contributed by atoms with Crippen LogP contribution in [-0.4, -0.2) is 29.8 Å². The molecular formula is C11H19NO7PS-3. The number of amides is 1. The van der Waals surface area contributed by atoms with E-state index in [1.165, 1.54) is 0 Å². The third-order valence-corrected chi connectivity index (χ3v) is 3.55. The van der Waals surface area contributed by atoms with Crippen LogP contribution in [0.2, 0.25) is 0 Å². The number of hydrogen-bond donors (Lipinski definition) is 2. The van der Waals surface area contributed by atoms with E-state index in [0.717, 1.165) is 31.9 Å². The maximum absolute atomic E-state index is 11.6. The summed E-state index contributed by atoms with van der Waals surface area (Å²) in [7, 11) is -5.34. The highest BCUT2D eigenvalue weighted by Gasteiger charge is 2.22. The minimum Gasteiger partial charge on any atom is -0.790 e. The SMILES string of the molecule is C[C@@H](OP(=O)([O-])[O-])[C@H](NC(=O)CCCCCCS)C(=O)[O-]. The third kappa shape index (κ3) is 10.7. The highest BCUT2D eigenvalue weighted by atomic mass is 32.1. The summed E-state index contributed by atoms with van der Waals surface area (Å²) in [6.45, 7) is 1.05. The van der Waals surface area contributed by atoms with Crippen molar-refractivity contribution in [1.29, 1.82) is 0 Å². The normalized spacial score (nSPS) is 14.5. The van der Waals surface area contributed by atoms with E-state index in [1.807, 2.05) is 0 Å². The molecule has 0 aromatic rings. The molecule has 0 heterocycles. The molecule has 21 heavy (non-hydrogen) atoms. The molecule has 0 unspecified atom stereocenters. The van der Waals surface area contributed by atoms with Crippen molar-refractivity contribution in [2.24, 2.45) is 0 Å². The van der Waals surface area contributed by atoms with Crippen LogP contribution >= 0.6 is 20.5 Å². The molecule has 0 aliphatic heterocycles. The van der Waals surface area contributed by atoms with Gasteiger partial charge in [-0.25, -0.2) is 0 Å². The average Bonchev–Trinajstić information content (AvgIpc) is 2.33. The number of hydrogen-bond acceptors (Lipinski definition) is 8. The molecule has 0 saturated heterocycles. The lowest BCUT2D eigenvalue weighted by Crippen LogP contribution is -2.54. The number of phosphoric acid groups is 1. The highest BCUT2D eigenvalue weighted by Crippen LogP contribution is 2.28. The smallest absolute Gasteiger partial charge is 0.220 e. The fraction of sp³-hybridized carbons (Fsp3) is 0.818. The molecule has 0 aromatic carbocycles. The second kappa shape index (κ2) is 10.2. The number of carbonyl (C=O) groups is 2. The van der Waals surface area contributed by atoms with E-state index in [-0.39, 0.29) is 6.42 Å². The van der Waals surface area contributed by atoms with Gasteiger partial charge in [0.15, 0.2) is 0 Å². The van der Waals surface area contributed by atoms with Crippen molar-refractivity contribution in [3.05, 3.63) is 0 Å². The predicted molar refractivity (Wildman–Crippen MR) is 72.0 cm³/mol. The van der Waals surface area contributed by atoms with Crippen molar-refractivity contribution in [1.82, 2.24) is 5.32 Å². The molecule has 0 bridgehead atoms. The Kier molecular flexibility index (Phi) is 9.89. The van der Waals surface area contributed by atoms with Crippen molar-refractivity contribution in [3.63, 3.8) is 0 Å². The molecule has 0 fully saturated rings. The van der Waals surface area contributed by atoms with Gasteiger partial charge >= 0.3 is 0 Å². The van der Waals surface area contributed by atoms with E-state index in [2.05, 4.69) is 22.5 Å². The van der Waals surface area contributed by atoms with Gasteiger partial charge < -0.3 is 34.1 Å². The topological polar surface area (TPSA) is 142 Å². The van der Waals surface area contributed by atoms with E-state index in [0.29, 0.717) is 6.42 Å². The Hall–Kier alpha value is -0.600. The molecule has 0 rings (SSSR count). The molecule has 0 aliphatic carbocycles. The van der Waals surface area contributed by atoms with E-state index in [9.17, 15) is 29.0 Å². The Balaban J connectivity index is 4.28. The lowest BCUT2D eigenvalue weighted by Gasteiger charge is -2.35. The minimum atomic E-state index is -5.34. The molecular weight excluding hydrogens is 321 g/mol. The summed E-state index contributed by atoms with van der Waals surface area (Å²) in [5.74, 6) is -1.53. The number of carbonyl (C=O) groups excluding carboxylic acids is 2. The van der Waals surface area contributed by atoms with Crippen molar-refractivity contribution >= 4 is 32.3 Å². The molecule has 0 radical (unpaired) electrons. The molecule has 10 heteroatoms. The van der Waals surface area contributed by atoms with Crippen molar-refractivity contribution in [2.75, 3.05) is 5.75 Å². The Morgan fingerprint density at radius 1 is 1.24 bits per heavy atom. The molecule has 0 spiro atoms. The van der Waals surface area contributed by atoms with Crippen LogP contribution in [0.4, 0.5) is 0 Å². The zero-order chi connectivity index (χ0) is 16.5. The fourth-order valence-corrected chi connectivity index (χ4v) is 2.38. The van der Waals surface area contributed by atoms with Crippen molar-refractivity contribution in [2.45, 2.75) is 51.2 Å². The molecule has 0 aliphatic rings.